The summed E-state index contributed by atoms with van der Waals surface area (Å²) in [6.07, 6.45) is 0. The van der Waals surface area contributed by atoms with Gasteiger partial charge in [0, 0.05) is 12.2 Å². The molecule has 2 aromatic rings. The highest BCUT2D eigenvalue weighted by Gasteiger charge is 2.06. The maximum atomic E-state index is 9.64. The van der Waals surface area contributed by atoms with E-state index in [9.17, 15) is 10.2 Å². The van der Waals surface area contributed by atoms with E-state index in [1.165, 1.54) is 0 Å². The average Bonchev–Trinajstić information content (AvgIpc) is 2.37. The molecule has 2 aromatic carbocycles. The molecule has 0 fully saturated rings. The number of halogens is 2. The standard InChI is InChI=1S/C14H13Br2NO2/c1-8-4-10(2-3-13(8)18)17-7-9-5-11(15)14(19)12(16)6-9/h2-6,17-19H,7H2,1H3. The van der Waals surface area contributed by atoms with Gasteiger partial charge in [-0.2, -0.15) is 0 Å². The van der Waals surface area contributed by atoms with Crippen LogP contribution in [0.5, 0.6) is 11.5 Å². The molecule has 0 bridgehead atoms. The second kappa shape index (κ2) is 5.84. The molecule has 0 aromatic heterocycles. The van der Waals surface area contributed by atoms with Crippen molar-refractivity contribution >= 4 is 37.5 Å². The van der Waals surface area contributed by atoms with Crippen LogP contribution in [-0.2, 0) is 6.54 Å². The first-order chi connectivity index (χ1) is 8.97. The molecular formula is C14H13Br2NO2. The van der Waals surface area contributed by atoms with Crippen molar-refractivity contribution in [3.8, 4) is 11.5 Å². The first kappa shape index (κ1) is 14.2. The van der Waals surface area contributed by atoms with Gasteiger partial charge in [0.2, 0.25) is 0 Å². The lowest BCUT2D eigenvalue weighted by molar-refractivity contribution is 0.468. The Kier molecular flexibility index (Phi) is 4.37. The molecule has 0 radical (unpaired) electrons. The first-order valence-corrected chi connectivity index (χ1v) is 7.26. The first-order valence-electron chi connectivity index (χ1n) is 5.68. The van der Waals surface area contributed by atoms with Crippen molar-refractivity contribution in [2.75, 3.05) is 5.32 Å². The summed E-state index contributed by atoms with van der Waals surface area (Å²) in [4.78, 5) is 0. The third-order valence-electron chi connectivity index (χ3n) is 2.77. The predicted molar refractivity (Wildman–Crippen MR) is 83.7 cm³/mol. The van der Waals surface area contributed by atoms with Crippen LogP contribution in [0.4, 0.5) is 5.69 Å². The Balaban J connectivity index is 2.12. The zero-order chi connectivity index (χ0) is 14.0. The summed E-state index contributed by atoms with van der Waals surface area (Å²) in [5.41, 5.74) is 2.80. The number of rotatable bonds is 3. The van der Waals surface area contributed by atoms with Gasteiger partial charge in [-0.05, 0) is 80.2 Å². The van der Waals surface area contributed by atoms with Crippen LogP contribution in [0.2, 0.25) is 0 Å². The number of aryl methyl sites for hydroxylation is 1. The minimum Gasteiger partial charge on any atom is -0.508 e. The Hall–Kier alpha value is -1.20. The number of benzene rings is 2. The van der Waals surface area contributed by atoms with Crippen molar-refractivity contribution in [2.24, 2.45) is 0 Å². The maximum Gasteiger partial charge on any atom is 0.143 e. The van der Waals surface area contributed by atoms with Crippen molar-refractivity contribution < 1.29 is 10.2 Å². The molecular weight excluding hydrogens is 374 g/mol. The largest absolute Gasteiger partial charge is 0.508 e. The van der Waals surface area contributed by atoms with E-state index in [1.807, 2.05) is 31.2 Å². The number of anilines is 1. The van der Waals surface area contributed by atoms with E-state index in [0.717, 1.165) is 16.8 Å². The molecule has 3 nitrogen and oxygen atoms in total. The van der Waals surface area contributed by atoms with Crippen LogP contribution in [0.15, 0.2) is 39.3 Å². The number of phenolic OH excluding ortho intramolecular Hbond substituents is 2. The van der Waals surface area contributed by atoms with Gasteiger partial charge in [-0.3, -0.25) is 0 Å². The van der Waals surface area contributed by atoms with E-state index in [2.05, 4.69) is 37.2 Å². The predicted octanol–water partition coefficient (Wildman–Crippen LogP) is 4.54. The maximum absolute atomic E-state index is 9.64. The molecule has 0 unspecified atom stereocenters. The van der Waals surface area contributed by atoms with Crippen LogP contribution in [0.3, 0.4) is 0 Å². The Labute approximate surface area is 128 Å². The lowest BCUT2D eigenvalue weighted by Crippen LogP contribution is -1.99. The summed E-state index contributed by atoms with van der Waals surface area (Å²) in [5.74, 6) is 0.491. The second-order valence-electron chi connectivity index (χ2n) is 4.26. The molecule has 0 saturated heterocycles. The zero-order valence-corrected chi connectivity index (χ0v) is 13.4. The van der Waals surface area contributed by atoms with Crippen LogP contribution in [0.25, 0.3) is 0 Å². The number of hydrogen-bond donors (Lipinski definition) is 3. The number of aromatic hydroxyl groups is 2. The Bertz CT molecular complexity index is 591. The number of phenols is 2. The van der Waals surface area contributed by atoms with Crippen LogP contribution in [0.1, 0.15) is 11.1 Å². The summed E-state index contributed by atoms with van der Waals surface area (Å²) < 4.78 is 1.31. The highest BCUT2D eigenvalue weighted by molar-refractivity contribution is 9.11. The molecule has 0 spiro atoms. The molecule has 2 rings (SSSR count). The van der Waals surface area contributed by atoms with Crippen LogP contribution >= 0.6 is 31.9 Å². The normalized spacial score (nSPS) is 10.5. The fourth-order valence-corrected chi connectivity index (χ4v) is 2.97. The average molecular weight is 387 g/mol. The van der Waals surface area contributed by atoms with Gasteiger partial charge in [0.1, 0.15) is 11.5 Å². The van der Waals surface area contributed by atoms with Crippen LogP contribution < -0.4 is 5.32 Å². The molecule has 0 amide bonds. The molecule has 0 aliphatic rings. The van der Waals surface area contributed by atoms with E-state index in [4.69, 9.17) is 0 Å². The van der Waals surface area contributed by atoms with Gasteiger partial charge in [-0.1, -0.05) is 0 Å². The fourth-order valence-electron chi connectivity index (χ4n) is 1.69. The summed E-state index contributed by atoms with van der Waals surface area (Å²) in [6.45, 7) is 2.48. The number of nitrogens with one attached hydrogen (secondary N) is 1. The molecule has 0 heterocycles. The summed E-state index contributed by atoms with van der Waals surface area (Å²) in [5, 5.41) is 22.4. The lowest BCUT2D eigenvalue weighted by atomic mass is 10.2. The van der Waals surface area contributed by atoms with Gasteiger partial charge in [0.25, 0.3) is 0 Å². The monoisotopic (exact) mass is 385 g/mol. The SMILES string of the molecule is Cc1cc(NCc2cc(Br)c(O)c(Br)c2)ccc1O. The Morgan fingerprint density at radius 1 is 1.05 bits per heavy atom. The smallest absolute Gasteiger partial charge is 0.143 e. The topological polar surface area (TPSA) is 52.5 Å². The van der Waals surface area contributed by atoms with E-state index in [1.54, 1.807) is 6.07 Å². The molecule has 3 N–H and O–H groups in total. The Morgan fingerprint density at radius 3 is 2.26 bits per heavy atom. The summed E-state index contributed by atoms with van der Waals surface area (Å²) in [7, 11) is 0. The van der Waals surface area contributed by atoms with E-state index in [0.29, 0.717) is 21.2 Å². The molecule has 0 atom stereocenters. The fraction of sp³-hybridized carbons (Fsp3) is 0.143. The van der Waals surface area contributed by atoms with Crippen molar-refractivity contribution in [1.29, 1.82) is 0 Å². The van der Waals surface area contributed by atoms with Gasteiger partial charge in [-0.15, -0.1) is 0 Å². The van der Waals surface area contributed by atoms with Gasteiger partial charge < -0.3 is 15.5 Å². The highest BCUT2D eigenvalue weighted by Crippen LogP contribution is 2.33. The van der Waals surface area contributed by atoms with E-state index >= 15 is 0 Å². The molecule has 0 aliphatic carbocycles. The van der Waals surface area contributed by atoms with Crippen molar-refractivity contribution in [2.45, 2.75) is 13.5 Å². The van der Waals surface area contributed by atoms with Gasteiger partial charge in [0.15, 0.2) is 0 Å². The van der Waals surface area contributed by atoms with Crippen molar-refractivity contribution in [3.63, 3.8) is 0 Å². The minimum atomic E-state index is 0.198. The highest BCUT2D eigenvalue weighted by atomic mass is 79.9. The van der Waals surface area contributed by atoms with Crippen molar-refractivity contribution in [3.05, 3.63) is 50.4 Å². The zero-order valence-electron chi connectivity index (χ0n) is 10.2. The molecule has 0 aliphatic heterocycles. The minimum absolute atomic E-state index is 0.198. The van der Waals surface area contributed by atoms with Gasteiger partial charge in [0.05, 0.1) is 8.95 Å². The number of hydrogen-bond acceptors (Lipinski definition) is 3. The van der Waals surface area contributed by atoms with Crippen molar-refractivity contribution in [1.82, 2.24) is 0 Å². The van der Waals surface area contributed by atoms with E-state index in [-0.39, 0.29) is 5.75 Å². The second-order valence-corrected chi connectivity index (χ2v) is 5.97. The van der Waals surface area contributed by atoms with Gasteiger partial charge >= 0.3 is 0 Å². The quantitative estimate of drug-likeness (QED) is 0.678. The summed E-state index contributed by atoms with van der Waals surface area (Å²) >= 11 is 6.61. The van der Waals surface area contributed by atoms with Crippen LogP contribution in [-0.4, -0.2) is 10.2 Å². The molecule has 5 heteroatoms. The third-order valence-corrected chi connectivity index (χ3v) is 3.98. The summed E-state index contributed by atoms with van der Waals surface area (Å²) in [6, 6.07) is 9.10. The Morgan fingerprint density at radius 2 is 1.68 bits per heavy atom. The lowest BCUT2D eigenvalue weighted by Gasteiger charge is -2.10. The molecule has 0 saturated carbocycles. The third kappa shape index (κ3) is 3.42. The van der Waals surface area contributed by atoms with E-state index < -0.39 is 0 Å². The molecule has 19 heavy (non-hydrogen) atoms. The van der Waals surface area contributed by atoms with Crippen LogP contribution in [0, 0.1) is 6.92 Å². The molecule has 100 valence electrons. The van der Waals surface area contributed by atoms with Gasteiger partial charge in [-0.25, -0.2) is 0 Å².